The average Bonchev–Trinajstić information content (AvgIpc) is 3.02. The van der Waals surface area contributed by atoms with Gasteiger partial charge in [0.15, 0.2) is 0 Å². The molecule has 1 aliphatic rings. The molecule has 0 saturated heterocycles. The van der Waals surface area contributed by atoms with E-state index in [0.29, 0.717) is 12.0 Å². The second kappa shape index (κ2) is 5.84. The van der Waals surface area contributed by atoms with Crippen molar-refractivity contribution in [2.75, 3.05) is 0 Å². The van der Waals surface area contributed by atoms with E-state index in [-0.39, 0.29) is 0 Å². The third-order valence-corrected chi connectivity index (χ3v) is 4.29. The Balaban J connectivity index is 1.59. The van der Waals surface area contributed by atoms with Crippen LogP contribution in [0.25, 0.3) is 0 Å². The predicted molar refractivity (Wildman–Crippen MR) is 81.5 cm³/mol. The van der Waals surface area contributed by atoms with Gasteiger partial charge in [0.25, 0.3) is 0 Å². The van der Waals surface area contributed by atoms with Crippen LogP contribution >= 0.6 is 0 Å². The van der Waals surface area contributed by atoms with Crippen molar-refractivity contribution in [2.45, 2.75) is 45.2 Å². The van der Waals surface area contributed by atoms with Gasteiger partial charge in [-0.25, -0.2) is 0 Å². The molecular formula is C18H23NO. The van der Waals surface area contributed by atoms with Crippen LogP contribution in [0.15, 0.2) is 46.9 Å². The summed E-state index contributed by atoms with van der Waals surface area (Å²) in [6.07, 6.45) is 2.36. The quantitative estimate of drug-likeness (QED) is 0.826. The van der Waals surface area contributed by atoms with E-state index in [1.807, 2.05) is 0 Å². The first-order valence-corrected chi connectivity index (χ1v) is 7.65. The molecule has 2 nitrogen and oxygen atoms in total. The zero-order chi connectivity index (χ0) is 13.9. The van der Waals surface area contributed by atoms with Crippen LogP contribution in [-0.2, 0) is 6.54 Å². The van der Waals surface area contributed by atoms with Crippen LogP contribution in [0.4, 0.5) is 0 Å². The van der Waals surface area contributed by atoms with Gasteiger partial charge in [-0.2, -0.15) is 0 Å². The standard InChI is InChI=1S/C18H23NO/c1-3-17(14-7-5-4-6-8-14)19-12-15-9-10-18(20-15)16-11-13(16)2/h4-10,13,16-17,19H,3,11-12H2,1-2H3. The molecule has 0 amide bonds. The molecule has 3 atom stereocenters. The normalized spacial score (nSPS) is 22.7. The van der Waals surface area contributed by atoms with Gasteiger partial charge in [-0.1, -0.05) is 44.2 Å². The van der Waals surface area contributed by atoms with Crippen molar-refractivity contribution in [3.05, 3.63) is 59.5 Å². The molecule has 1 aliphatic carbocycles. The van der Waals surface area contributed by atoms with E-state index in [1.54, 1.807) is 0 Å². The summed E-state index contributed by atoms with van der Waals surface area (Å²) in [6, 6.07) is 15.3. The summed E-state index contributed by atoms with van der Waals surface area (Å²) in [7, 11) is 0. The van der Waals surface area contributed by atoms with Gasteiger partial charge < -0.3 is 9.73 Å². The number of hydrogen-bond donors (Lipinski definition) is 1. The van der Waals surface area contributed by atoms with Gasteiger partial charge in [-0.3, -0.25) is 0 Å². The van der Waals surface area contributed by atoms with Gasteiger partial charge in [0.2, 0.25) is 0 Å². The summed E-state index contributed by atoms with van der Waals surface area (Å²) < 4.78 is 5.95. The second-order valence-electron chi connectivity index (χ2n) is 5.88. The number of furan rings is 1. The fourth-order valence-electron chi connectivity index (χ4n) is 2.81. The third-order valence-electron chi connectivity index (χ3n) is 4.29. The van der Waals surface area contributed by atoms with Crippen molar-refractivity contribution < 1.29 is 4.42 Å². The van der Waals surface area contributed by atoms with E-state index < -0.39 is 0 Å². The topological polar surface area (TPSA) is 25.2 Å². The van der Waals surface area contributed by atoms with Crippen molar-refractivity contribution in [3.63, 3.8) is 0 Å². The summed E-state index contributed by atoms with van der Waals surface area (Å²) in [5.74, 6) is 3.69. The zero-order valence-electron chi connectivity index (χ0n) is 12.3. The van der Waals surface area contributed by atoms with Crippen LogP contribution < -0.4 is 5.32 Å². The summed E-state index contributed by atoms with van der Waals surface area (Å²) in [6.45, 7) is 5.30. The van der Waals surface area contributed by atoms with Crippen LogP contribution in [0, 0.1) is 5.92 Å². The lowest BCUT2D eigenvalue weighted by Gasteiger charge is -2.16. The molecule has 1 heterocycles. The summed E-state index contributed by atoms with van der Waals surface area (Å²) in [5.41, 5.74) is 1.34. The Bertz CT molecular complexity index is 546. The van der Waals surface area contributed by atoms with Gasteiger partial charge in [-0.15, -0.1) is 0 Å². The highest BCUT2D eigenvalue weighted by atomic mass is 16.3. The van der Waals surface area contributed by atoms with Crippen molar-refractivity contribution in [1.82, 2.24) is 5.32 Å². The highest BCUT2D eigenvalue weighted by molar-refractivity contribution is 5.20. The molecule has 20 heavy (non-hydrogen) atoms. The molecular weight excluding hydrogens is 246 g/mol. The van der Waals surface area contributed by atoms with Crippen LogP contribution in [0.2, 0.25) is 0 Å². The summed E-state index contributed by atoms with van der Waals surface area (Å²) in [5, 5.41) is 3.59. The second-order valence-corrected chi connectivity index (χ2v) is 5.88. The van der Waals surface area contributed by atoms with Crippen molar-refractivity contribution >= 4 is 0 Å². The fourth-order valence-corrected chi connectivity index (χ4v) is 2.81. The molecule has 1 aromatic heterocycles. The largest absolute Gasteiger partial charge is 0.464 e. The van der Waals surface area contributed by atoms with Crippen LogP contribution in [0.5, 0.6) is 0 Å². The molecule has 3 rings (SSSR count). The minimum absolute atomic E-state index is 0.393. The molecule has 0 bridgehead atoms. The Morgan fingerprint density at radius 1 is 1.20 bits per heavy atom. The molecule has 2 aromatic rings. The van der Waals surface area contributed by atoms with Gasteiger partial charge in [0.1, 0.15) is 11.5 Å². The Morgan fingerprint density at radius 2 is 1.95 bits per heavy atom. The van der Waals surface area contributed by atoms with Gasteiger partial charge in [0.05, 0.1) is 6.54 Å². The first kappa shape index (κ1) is 13.4. The Kier molecular flexibility index (Phi) is 3.93. The molecule has 106 valence electrons. The molecule has 2 heteroatoms. The minimum atomic E-state index is 0.393. The molecule has 3 unspecified atom stereocenters. The Hall–Kier alpha value is -1.54. The SMILES string of the molecule is CCC(NCc1ccc(C2CC2C)o1)c1ccccc1. The lowest BCUT2D eigenvalue weighted by Crippen LogP contribution is -2.19. The maximum Gasteiger partial charge on any atom is 0.117 e. The number of hydrogen-bond acceptors (Lipinski definition) is 2. The number of nitrogens with one attached hydrogen (secondary N) is 1. The maximum absolute atomic E-state index is 5.95. The smallest absolute Gasteiger partial charge is 0.117 e. The van der Waals surface area contributed by atoms with Crippen LogP contribution in [0.3, 0.4) is 0 Å². The molecule has 1 N–H and O–H groups in total. The highest BCUT2D eigenvalue weighted by Gasteiger charge is 2.36. The Morgan fingerprint density at radius 3 is 2.60 bits per heavy atom. The Labute approximate surface area is 121 Å². The predicted octanol–water partition coefficient (Wildman–Crippen LogP) is 4.64. The summed E-state index contributed by atoms with van der Waals surface area (Å²) >= 11 is 0. The molecule has 0 radical (unpaired) electrons. The van der Waals surface area contributed by atoms with Crippen molar-refractivity contribution in [2.24, 2.45) is 5.92 Å². The first-order chi connectivity index (χ1) is 9.78. The molecule has 1 fully saturated rings. The molecule has 1 saturated carbocycles. The van der Waals surface area contributed by atoms with Crippen molar-refractivity contribution in [1.29, 1.82) is 0 Å². The maximum atomic E-state index is 5.95. The number of rotatable bonds is 6. The van der Waals surface area contributed by atoms with Gasteiger partial charge in [0, 0.05) is 12.0 Å². The van der Waals surface area contributed by atoms with Crippen LogP contribution in [0.1, 0.15) is 55.7 Å². The minimum Gasteiger partial charge on any atom is -0.464 e. The average molecular weight is 269 g/mol. The lowest BCUT2D eigenvalue weighted by molar-refractivity contribution is 0.419. The lowest BCUT2D eigenvalue weighted by atomic mass is 10.0. The van der Waals surface area contributed by atoms with E-state index >= 15 is 0 Å². The first-order valence-electron chi connectivity index (χ1n) is 7.65. The highest BCUT2D eigenvalue weighted by Crippen LogP contribution is 2.47. The van der Waals surface area contributed by atoms with E-state index in [9.17, 15) is 0 Å². The van der Waals surface area contributed by atoms with E-state index in [1.165, 1.54) is 17.7 Å². The molecule has 0 spiro atoms. The van der Waals surface area contributed by atoms with E-state index in [2.05, 4.69) is 61.6 Å². The number of benzene rings is 1. The summed E-state index contributed by atoms with van der Waals surface area (Å²) in [4.78, 5) is 0. The van der Waals surface area contributed by atoms with Gasteiger partial charge >= 0.3 is 0 Å². The molecule has 0 aliphatic heterocycles. The molecule has 1 aromatic carbocycles. The fraction of sp³-hybridized carbons (Fsp3) is 0.444. The van der Waals surface area contributed by atoms with E-state index in [4.69, 9.17) is 4.42 Å². The third kappa shape index (κ3) is 2.96. The van der Waals surface area contributed by atoms with Crippen LogP contribution in [-0.4, -0.2) is 0 Å². The zero-order valence-corrected chi connectivity index (χ0v) is 12.3. The van der Waals surface area contributed by atoms with Gasteiger partial charge in [-0.05, 0) is 36.5 Å². The van der Waals surface area contributed by atoms with Crippen molar-refractivity contribution in [3.8, 4) is 0 Å². The monoisotopic (exact) mass is 269 g/mol. The van der Waals surface area contributed by atoms with E-state index in [0.717, 1.165) is 24.6 Å².